The molecule has 0 saturated heterocycles. The van der Waals surface area contributed by atoms with Crippen LogP contribution in [0.25, 0.3) is 0 Å². The first-order valence-corrected chi connectivity index (χ1v) is 6.91. The smallest absolute Gasteiger partial charge is 0.269 e. The molecule has 0 bridgehead atoms. The lowest BCUT2D eigenvalue weighted by Gasteiger charge is -2.16. The van der Waals surface area contributed by atoms with Gasteiger partial charge >= 0.3 is 0 Å². The van der Waals surface area contributed by atoms with E-state index in [0.29, 0.717) is 6.42 Å². The second-order valence-corrected chi connectivity index (χ2v) is 5.30. The van der Waals surface area contributed by atoms with Gasteiger partial charge in [-0.2, -0.15) is 5.26 Å². The fourth-order valence-electron chi connectivity index (χ4n) is 2.25. The Bertz CT molecular complexity index is 703. The first-order chi connectivity index (χ1) is 10.5. The molecule has 2 rings (SSSR count). The number of nitriles is 1. The lowest BCUT2D eigenvalue weighted by molar-refractivity contribution is -0.384. The van der Waals surface area contributed by atoms with Crippen molar-refractivity contribution in [2.75, 3.05) is 19.0 Å². The highest BCUT2D eigenvalue weighted by Gasteiger charge is 2.13. The van der Waals surface area contributed by atoms with E-state index in [1.54, 1.807) is 12.1 Å². The van der Waals surface area contributed by atoms with Gasteiger partial charge in [0.15, 0.2) is 0 Å². The number of nitro benzene ring substituents is 1. The van der Waals surface area contributed by atoms with Gasteiger partial charge in [0.2, 0.25) is 0 Å². The maximum Gasteiger partial charge on any atom is 0.269 e. The summed E-state index contributed by atoms with van der Waals surface area (Å²) >= 11 is 0. The van der Waals surface area contributed by atoms with Crippen molar-refractivity contribution in [3.05, 3.63) is 69.8 Å². The van der Waals surface area contributed by atoms with Crippen LogP contribution in [-0.4, -0.2) is 19.0 Å². The number of hydrogen-bond acceptors (Lipinski definition) is 4. The van der Waals surface area contributed by atoms with E-state index in [1.807, 2.05) is 43.3 Å². The van der Waals surface area contributed by atoms with Crippen LogP contribution in [0.4, 0.5) is 11.4 Å². The molecule has 2 aromatic carbocycles. The van der Waals surface area contributed by atoms with E-state index < -0.39 is 4.92 Å². The Morgan fingerprint density at radius 1 is 1.23 bits per heavy atom. The van der Waals surface area contributed by atoms with E-state index in [9.17, 15) is 15.4 Å². The molecule has 0 radical (unpaired) electrons. The van der Waals surface area contributed by atoms with Crippen molar-refractivity contribution >= 4 is 11.4 Å². The Morgan fingerprint density at radius 2 is 1.91 bits per heavy atom. The molecular formula is C17H17N3O2. The SMILES string of the molecule is CN(C)c1cccc(C(C#N)Cc2ccc([N+](=O)[O-])cc2)c1. The van der Waals surface area contributed by atoms with Crippen LogP contribution in [0.2, 0.25) is 0 Å². The lowest BCUT2D eigenvalue weighted by Crippen LogP contribution is -2.09. The summed E-state index contributed by atoms with van der Waals surface area (Å²) in [7, 11) is 3.91. The van der Waals surface area contributed by atoms with Crippen molar-refractivity contribution in [1.82, 2.24) is 0 Å². The number of benzene rings is 2. The van der Waals surface area contributed by atoms with Crippen LogP contribution in [0.1, 0.15) is 17.0 Å². The van der Waals surface area contributed by atoms with Crippen molar-refractivity contribution in [2.24, 2.45) is 0 Å². The monoisotopic (exact) mass is 295 g/mol. The van der Waals surface area contributed by atoms with E-state index in [1.165, 1.54) is 12.1 Å². The van der Waals surface area contributed by atoms with Gasteiger partial charge in [0.05, 0.1) is 16.9 Å². The highest BCUT2D eigenvalue weighted by molar-refractivity contribution is 5.49. The Labute approximate surface area is 129 Å². The van der Waals surface area contributed by atoms with Crippen LogP contribution < -0.4 is 4.90 Å². The molecule has 0 aromatic heterocycles. The molecule has 22 heavy (non-hydrogen) atoms. The van der Waals surface area contributed by atoms with Crippen LogP contribution in [0.3, 0.4) is 0 Å². The first-order valence-electron chi connectivity index (χ1n) is 6.91. The fraction of sp³-hybridized carbons (Fsp3) is 0.235. The van der Waals surface area contributed by atoms with Crippen LogP contribution in [0.15, 0.2) is 48.5 Å². The predicted octanol–water partition coefficient (Wildman–Crippen LogP) is 3.51. The Balaban J connectivity index is 2.20. The number of anilines is 1. The van der Waals surface area contributed by atoms with Crippen LogP contribution in [-0.2, 0) is 6.42 Å². The standard InChI is InChI=1S/C17H17N3O2/c1-19(2)17-5-3-4-14(11-17)15(12-18)10-13-6-8-16(9-7-13)20(21)22/h3-9,11,15H,10H2,1-2H3. The Morgan fingerprint density at radius 3 is 2.45 bits per heavy atom. The van der Waals surface area contributed by atoms with Crippen molar-refractivity contribution in [2.45, 2.75) is 12.3 Å². The molecule has 0 heterocycles. The molecule has 5 nitrogen and oxygen atoms in total. The van der Waals surface area contributed by atoms with Gasteiger partial charge in [-0.15, -0.1) is 0 Å². The molecule has 0 saturated carbocycles. The molecule has 0 N–H and O–H groups in total. The summed E-state index contributed by atoms with van der Waals surface area (Å²) in [5.41, 5.74) is 2.97. The fourth-order valence-corrected chi connectivity index (χ4v) is 2.25. The van der Waals surface area contributed by atoms with Gasteiger partial charge in [-0.1, -0.05) is 24.3 Å². The second kappa shape index (κ2) is 6.72. The van der Waals surface area contributed by atoms with Crippen molar-refractivity contribution < 1.29 is 4.92 Å². The second-order valence-electron chi connectivity index (χ2n) is 5.30. The molecular weight excluding hydrogens is 278 g/mol. The molecule has 5 heteroatoms. The lowest BCUT2D eigenvalue weighted by atomic mass is 9.93. The quantitative estimate of drug-likeness (QED) is 0.625. The zero-order chi connectivity index (χ0) is 16.1. The maximum absolute atomic E-state index is 10.7. The van der Waals surface area contributed by atoms with Crippen molar-refractivity contribution in [1.29, 1.82) is 5.26 Å². The molecule has 0 amide bonds. The van der Waals surface area contributed by atoms with E-state index >= 15 is 0 Å². The van der Waals surface area contributed by atoms with Crippen LogP contribution in [0.5, 0.6) is 0 Å². The Hall–Kier alpha value is -2.87. The summed E-state index contributed by atoms with van der Waals surface area (Å²) in [5.74, 6) is -0.277. The summed E-state index contributed by atoms with van der Waals surface area (Å²) in [6.07, 6.45) is 0.533. The molecule has 1 atom stereocenters. The van der Waals surface area contributed by atoms with Crippen molar-refractivity contribution in [3.63, 3.8) is 0 Å². The molecule has 0 aliphatic heterocycles. The largest absolute Gasteiger partial charge is 0.378 e. The first kappa shape index (κ1) is 15.5. The van der Waals surface area contributed by atoms with Gasteiger partial charge in [-0.3, -0.25) is 10.1 Å². The van der Waals surface area contributed by atoms with E-state index in [2.05, 4.69) is 6.07 Å². The zero-order valence-electron chi connectivity index (χ0n) is 12.6. The molecule has 2 aromatic rings. The van der Waals surface area contributed by atoms with E-state index in [4.69, 9.17) is 0 Å². The third-order valence-electron chi connectivity index (χ3n) is 3.53. The Kier molecular flexibility index (Phi) is 4.74. The average molecular weight is 295 g/mol. The highest BCUT2D eigenvalue weighted by atomic mass is 16.6. The summed E-state index contributed by atoms with van der Waals surface area (Å²) in [4.78, 5) is 12.2. The maximum atomic E-state index is 10.7. The summed E-state index contributed by atoms with van der Waals surface area (Å²) in [6.45, 7) is 0. The average Bonchev–Trinajstić information content (AvgIpc) is 2.53. The van der Waals surface area contributed by atoms with Gasteiger partial charge in [0.1, 0.15) is 0 Å². The minimum Gasteiger partial charge on any atom is -0.378 e. The van der Waals surface area contributed by atoms with Gasteiger partial charge in [0, 0.05) is 31.9 Å². The number of hydrogen-bond donors (Lipinski definition) is 0. The zero-order valence-corrected chi connectivity index (χ0v) is 12.6. The van der Waals surface area contributed by atoms with E-state index in [0.717, 1.165) is 16.8 Å². The normalized spacial score (nSPS) is 11.5. The van der Waals surface area contributed by atoms with Gasteiger partial charge in [-0.05, 0) is 29.7 Å². The third kappa shape index (κ3) is 3.61. The van der Waals surface area contributed by atoms with Gasteiger partial charge in [-0.25, -0.2) is 0 Å². The topological polar surface area (TPSA) is 70.2 Å². The summed E-state index contributed by atoms with van der Waals surface area (Å²) in [6, 6.07) is 16.5. The molecule has 0 aliphatic rings. The summed E-state index contributed by atoms with van der Waals surface area (Å²) in [5, 5.41) is 20.1. The van der Waals surface area contributed by atoms with Gasteiger partial charge in [0.25, 0.3) is 5.69 Å². The molecule has 112 valence electrons. The third-order valence-corrected chi connectivity index (χ3v) is 3.53. The number of non-ortho nitro benzene ring substituents is 1. The van der Waals surface area contributed by atoms with Crippen LogP contribution >= 0.6 is 0 Å². The summed E-state index contributed by atoms with van der Waals surface area (Å²) < 4.78 is 0. The molecule has 0 fully saturated rings. The number of rotatable bonds is 5. The molecule has 0 spiro atoms. The minimum atomic E-state index is -0.424. The number of nitrogens with zero attached hydrogens (tertiary/aromatic N) is 3. The molecule has 1 unspecified atom stereocenters. The minimum absolute atomic E-state index is 0.0619. The van der Waals surface area contributed by atoms with Gasteiger partial charge < -0.3 is 4.90 Å². The van der Waals surface area contributed by atoms with E-state index in [-0.39, 0.29) is 11.6 Å². The predicted molar refractivity (Wildman–Crippen MR) is 85.9 cm³/mol. The van der Waals surface area contributed by atoms with Crippen molar-refractivity contribution in [3.8, 4) is 6.07 Å². The van der Waals surface area contributed by atoms with Crippen LogP contribution in [0, 0.1) is 21.4 Å². The number of nitro groups is 1. The molecule has 0 aliphatic carbocycles. The highest BCUT2D eigenvalue weighted by Crippen LogP contribution is 2.25.